The fourth-order valence-corrected chi connectivity index (χ4v) is 3.64. The van der Waals surface area contributed by atoms with Crippen LogP contribution in [0.5, 0.6) is 0 Å². The minimum absolute atomic E-state index is 0.0567. The lowest BCUT2D eigenvalue weighted by Gasteiger charge is -2.34. The quantitative estimate of drug-likeness (QED) is 0.592. The van der Waals surface area contributed by atoms with Crippen molar-refractivity contribution in [2.75, 3.05) is 31.1 Å². The molecule has 3 heterocycles. The smallest absolute Gasteiger partial charge is 0.285 e. The topological polar surface area (TPSA) is 90.0 Å². The van der Waals surface area contributed by atoms with Crippen LogP contribution in [0.2, 0.25) is 0 Å². The van der Waals surface area contributed by atoms with E-state index in [1.165, 1.54) is 6.07 Å². The van der Waals surface area contributed by atoms with Crippen molar-refractivity contribution in [2.45, 2.75) is 18.6 Å². The number of fused-ring (bicyclic) bond motifs is 1. The normalized spacial score (nSPS) is 26.4. The third kappa shape index (κ3) is 2.69. The molecule has 2 saturated heterocycles. The Hall–Kier alpha value is -2.81. The first-order valence-corrected chi connectivity index (χ1v) is 8.68. The van der Waals surface area contributed by atoms with Crippen LogP contribution < -0.4 is 10.2 Å². The SMILES string of the molecule is [CH2]N1CCN(c2ccc3c(c2)C(=O)N(C2(F)CCC(=O)NC2=O)C3=O)CC1. The fraction of sp³-hybridized carbons (Fsp3) is 0.389. The molecule has 3 aliphatic heterocycles. The van der Waals surface area contributed by atoms with E-state index in [4.69, 9.17) is 0 Å². The molecule has 3 aliphatic rings. The highest BCUT2D eigenvalue weighted by Gasteiger charge is 2.56. The Morgan fingerprint density at radius 1 is 1.00 bits per heavy atom. The number of piperazine rings is 1. The first-order chi connectivity index (χ1) is 12.8. The zero-order valence-electron chi connectivity index (χ0n) is 14.5. The van der Waals surface area contributed by atoms with Gasteiger partial charge in [0.1, 0.15) is 0 Å². The molecule has 1 unspecified atom stereocenters. The van der Waals surface area contributed by atoms with E-state index in [1.807, 2.05) is 10.2 Å². The van der Waals surface area contributed by atoms with E-state index in [0.717, 1.165) is 18.8 Å². The number of alkyl halides is 1. The highest BCUT2D eigenvalue weighted by molar-refractivity contribution is 6.24. The van der Waals surface area contributed by atoms with Gasteiger partial charge in [-0.25, -0.2) is 9.29 Å². The van der Waals surface area contributed by atoms with Gasteiger partial charge < -0.3 is 4.90 Å². The van der Waals surface area contributed by atoms with Gasteiger partial charge in [-0.15, -0.1) is 0 Å². The van der Waals surface area contributed by atoms with Gasteiger partial charge in [-0.1, -0.05) is 0 Å². The van der Waals surface area contributed by atoms with Crippen molar-refractivity contribution >= 4 is 29.3 Å². The monoisotopic (exact) mass is 373 g/mol. The number of imide groups is 2. The molecule has 4 amide bonds. The minimum atomic E-state index is -2.86. The lowest BCUT2D eigenvalue weighted by molar-refractivity contribution is -0.151. The molecule has 2 fully saturated rings. The third-order valence-electron chi connectivity index (χ3n) is 5.25. The second-order valence-corrected chi connectivity index (χ2v) is 6.92. The first kappa shape index (κ1) is 17.6. The lowest BCUT2D eigenvalue weighted by atomic mass is 10.0. The summed E-state index contributed by atoms with van der Waals surface area (Å²) in [6.07, 6.45) is -0.822. The van der Waals surface area contributed by atoms with Gasteiger partial charge in [-0.2, -0.15) is 0 Å². The predicted molar refractivity (Wildman–Crippen MR) is 92.3 cm³/mol. The molecule has 1 N–H and O–H groups in total. The number of halogens is 1. The molecular weight excluding hydrogens is 355 g/mol. The molecule has 0 saturated carbocycles. The maximum atomic E-state index is 15.3. The van der Waals surface area contributed by atoms with E-state index in [0.29, 0.717) is 18.0 Å². The largest absolute Gasteiger partial charge is 0.369 e. The third-order valence-corrected chi connectivity index (χ3v) is 5.25. The molecule has 4 rings (SSSR count). The summed E-state index contributed by atoms with van der Waals surface area (Å²) in [6.45, 7) is 2.95. The Bertz CT molecular complexity index is 865. The van der Waals surface area contributed by atoms with Crippen LogP contribution in [0.3, 0.4) is 0 Å². The maximum absolute atomic E-state index is 15.3. The summed E-state index contributed by atoms with van der Waals surface area (Å²) in [7, 11) is 3.88. The molecule has 0 spiro atoms. The molecule has 1 atom stereocenters. The van der Waals surface area contributed by atoms with Crippen molar-refractivity contribution in [3.05, 3.63) is 36.4 Å². The molecule has 27 heavy (non-hydrogen) atoms. The van der Waals surface area contributed by atoms with E-state index in [2.05, 4.69) is 11.9 Å². The minimum Gasteiger partial charge on any atom is -0.369 e. The average molecular weight is 373 g/mol. The molecule has 8 nitrogen and oxygen atoms in total. The second-order valence-electron chi connectivity index (χ2n) is 6.92. The van der Waals surface area contributed by atoms with Gasteiger partial charge in [0.05, 0.1) is 11.1 Å². The molecule has 0 bridgehead atoms. The van der Waals surface area contributed by atoms with Crippen molar-refractivity contribution < 1.29 is 23.6 Å². The lowest BCUT2D eigenvalue weighted by Crippen LogP contribution is -2.61. The number of benzene rings is 1. The van der Waals surface area contributed by atoms with Crippen molar-refractivity contribution in [3.63, 3.8) is 0 Å². The number of anilines is 1. The van der Waals surface area contributed by atoms with E-state index >= 15 is 4.39 Å². The Morgan fingerprint density at radius 3 is 2.33 bits per heavy atom. The summed E-state index contributed by atoms with van der Waals surface area (Å²) in [4.78, 5) is 53.1. The van der Waals surface area contributed by atoms with Gasteiger partial charge in [0.15, 0.2) is 0 Å². The van der Waals surface area contributed by atoms with Gasteiger partial charge in [0.2, 0.25) is 5.91 Å². The van der Waals surface area contributed by atoms with Crippen LogP contribution >= 0.6 is 0 Å². The Morgan fingerprint density at radius 2 is 1.67 bits per heavy atom. The van der Waals surface area contributed by atoms with Crippen LogP contribution in [0.4, 0.5) is 10.1 Å². The van der Waals surface area contributed by atoms with Crippen molar-refractivity contribution in [1.29, 1.82) is 0 Å². The number of nitrogens with one attached hydrogen (secondary N) is 1. The number of hydrogen-bond acceptors (Lipinski definition) is 6. The number of carbonyl (C=O) groups excluding carboxylic acids is 4. The maximum Gasteiger partial charge on any atom is 0.285 e. The van der Waals surface area contributed by atoms with Crippen LogP contribution in [0.15, 0.2) is 18.2 Å². The summed E-state index contributed by atoms with van der Waals surface area (Å²) in [5.41, 5.74) is 0.874. The van der Waals surface area contributed by atoms with Crippen LogP contribution in [-0.4, -0.2) is 65.4 Å². The van der Waals surface area contributed by atoms with Gasteiger partial charge in [-0.05, 0) is 18.2 Å². The molecule has 9 heteroatoms. The number of amides is 4. The van der Waals surface area contributed by atoms with Crippen molar-refractivity contribution in [3.8, 4) is 0 Å². The van der Waals surface area contributed by atoms with Crippen molar-refractivity contribution in [2.24, 2.45) is 0 Å². The van der Waals surface area contributed by atoms with Gasteiger partial charge in [0.25, 0.3) is 23.5 Å². The van der Waals surface area contributed by atoms with E-state index in [-0.39, 0.29) is 17.5 Å². The number of carbonyl (C=O) groups is 4. The summed E-state index contributed by atoms with van der Waals surface area (Å²) in [6, 6.07) is 4.75. The summed E-state index contributed by atoms with van der Waals surface area (Å²) in [5, 5.41) is 1.86. The van der Waals surface area contributed by atoms with E-state index < -0.39 is 35.8 Å². The number of nitrogens with zero attached hydrogens (tertiary/aromatic N) is 3. The molecular formula is C18H18FN4O4. The highest BCUT2D eigenvalue weighted by atomic mass is 19.1. The van der Waals surface area contributed by atoms with Gasteiger partial charge >= 0.3 is 0 Å². The van der Waals surface area contributed by atoms with E-state index in [1.54, 1.807) is 12.1 Å². The summed E-state index contributed by atoms with van der Waals surface area (Å²) in [5.74, 6) is -6.49. The standard InChI is InChI=1S/C18H18FN4O4/c1-21-6-8-22(9-7-21)11-2-3-12-13(10-11)16(26)23(15(12)25)18(19)5-4-14(24)20-17(18)27/h2-3,10H,1,4-9H2,(H,20,24,27). The Labute approximate surface area is 154 Å². The predicted octanol–water partition coefficient (Wildman–Crippen LogP) is 0.299. The fourth-order valence-electron chi connectivity index (χ4n) is 3.64. The highest BCUT2D eigenvalue weighted by Crippen LogP contribution is 2.36. The summed E-state index contributed by atoms with van der Waals surface area (Å²) >= 11 is 0. The second kappa shape index (κ2) is 6.12. The van der Waals surface area contributed by atoms with Crippen molar-refractivity contribution in [1.82, 2.24) is 15.1 Å². The van der Waals surface area contributed by atoms with E-state index in [9.17, 15) is 19.2 Å². The number of rotatable bonds is 2. The molecule has 1 radical (unpaired) electrons. The Balaban J connectivity index is 1.65. The molecule has 1 aromatic rings. The van der Waals surface area contributed by atoms with Crippen LogP contribution in [-0.2, 0) is 9.59 Å². The van der Waals surface area contributed by atoms with Gasteiger partial charge in [0, 0.05) is 51.8 Å². The zero-order valence-corrected chi connectivity index (χ0v) is 14.5. The molecule has 1 aromatic carbocycles. The number of piperidine rings is 1. The summed E-state index contributed by atoms with van der Waals surface area (Å²) < 4.78 is 15.3. The molecule has 141 valence electrons. The average Bonchev–Trinajstić information content (AvgIpc) is 2.90. The molecule has 0 aliphatic carbocycles. The van der Waals surface area contributed by atoms with Gasteiger partial charge in [-0.3, -0.25) is 29.4 Å². The first-order valence-electron chi connectivity index (χ1n) is 8.68. The van der Waals surface area contributed by atoms with Crippen LogP contribution in [0.25, 0.3) is 0 Å². The number of hydrogen-bond donors (Lipinski definition) is 1. The molecule has 0 aromatic heterocycles. The van der Waals surface area contributed by atoms with Crippen LogP contribution in [0.1, 0.15) is 33.6 Å². The van der Waals surface area contributed by atoms with Crippen LogP contribution in [0, 0.1) is 7.05 Å². The zero-order chi connectivity index (χ0) is 19.3. The Kier molecular flexibility index (Phi) is 3.99.